The molecule has 1 aliphatic heterocycles. The maximum Gasteiger partial charge on any atom is 0.224 e. The van der Waals surface area contributed by atoms with E-state index < -0.39 is 6.10 Å². The van der Waals surface area contributed by atoms with Crippen LogP contribution in [0.4, 0.5) is 11.8 Å². The van der Waals surface area contributed by atoms with Crippen LogP contribution in [0.1, 0.15) is 23.9 Å². The van der Waals surface area contributed by atoms with Crippen LogP contribution >= 0.6 is 0 Å². The fraction of sp³-hybridized carbons (Fsp3) is 0.429. The number of aryl methyl sites for hydroxylation is 1. The molecule has 0 bridgehead atoms. The van der Waals surface area contributed by atoms with Crippen LogP contribution in [0.25, 0.3) is 11.2 Å². The van der Waals surface area contributed by atoms with Crippen molar-refractivity contribution in [2.45, 2.75) is 25.6 Å². The molecular weight excluding hydrogens is 312 g/mol. The second-order valence-electron chi connectivity index (χ2n) is 5.76. The molecule has 0 radical (unpaired) electrons. The van der Waals surface area contributed by atoms with E-state index in [1.54, 1.807) is 6.33 Å². The van der Waals surface area contributed by atoms with Gasteiger partial charge in [0.25, 0.3) is 0 Å². The highest BCUT2D eigenvalue weighted by Gasteiger charge is 2.22. The van der Waals surface area contributed by atoms with Gasteiger partial charge in [-0.05, 0) is 12.5 Å². The summed E-state index contributed by atoms with van der Waals surface area (Å²) in [5, 5.41) is 23.3. The highest BCUT2D eigenvalue weighted by atomic mass is 16.3. The van der Waals surface area contributed by atoms with E-state index in [1.807, 2.05) is 10.7 Å². The molecule has 0 fully saturated rings. The number of nitrogen functional groups attached to an aromatic ring is 1. The highest BCUT2D eigenvalue weighted by molar-refractivity contribution is 5.84. The molecule has 0 saturated carbocycles. The van der Waals surface area contributed by atoms with E-state index >= 15 is 0 Å². The number of aromatic amines is 1. The fourth-order valence-corrected chi connectivity index (χ4v) is 2.98. The Morgan fingerprint density at radius 2 is 2.21 bits per heavy atom. The molecule has 10 nitrogen and oxygen atoms in total. The van der Waals surface area contributed by atoms with E-state index in [4.69, 9.17) is 10.8 Å². The van der Waals surface area contributed by atoms with E-state index in [2.05, 4.69) is 29.9 Å². The molecule has 1 aliphatic rings. The van der Waals surface area contributed by atoms with Gasteiger partial charge in [0.1, 0.15) is 11.6 Å². The quantitative estimate of drug-likeness (QED) is 0.506. The Bertz CT molecular complexity index is 873. The molecule has 3 aromatic heterocycles. The van der Waals surface area contributed by atoms with Crippen molar-refractivity contribution >= 4 is 22.9 Å². The molecule has 0 aliphatic carbocycles. The third-order valence-electron chi connectivity index (χ3n) is 4.13. The molecule has 126 valence electrons. The van der Waals surface area contributed by atoms with Gasteiger partial charge >= 0.3 is 0 Å². The molecular formula is C14H18N8O2. The number of nitrogens with two attached hydrogens (primary N) is 1. The van der Waals surface area contributed by atoms with Crippen molar-refractivity contribution < 1.29 is 10.2 Å². The first-order chi connectivity index (χ1) is 11.7. The first-order valence-electron chi connectivity index (χ1n) is 7.73. The molecule has 0 aromatic carbocycles. The molecule has 24 heavy (non-hydrogen) atoms. The van der Waals surface area contributed by atoms with Crippen molar-refractivity contribution in [3.05, 3.63) is 23.8 Å². The summed E-state index contributed by atoms with van der Waals surface area (Å²) in [5.74, 6) is 0.882. The predicted octanol–water partition coefficient (Wildman–Crippen LogP) is -0.432. The summed E-state index contributed by atoms with van der Waals surface area (Å²) in [6, 6.07) is 1.81. The Morgan fingerprint density at radius 3 is 3.04 bits per heavy atom. The SMILES string of the molecule is Nc1nc(N2CCCn3nc([C@H](O)CO)cc3C2)c2[nH]cnc2n1. The lowest BCUT2D eigenvalue weighted by atomic mass is 10.2. The number of nitrogens with one attached hydrogen (secondary N) is 1. The van der Waals surface area contributed by atoms with Gasteiger partial charge in [-0.1, -0.05) is 0 Å². The molecule has 5 N–H and O–H groups in total. The second kappa shape index (κ2) is 5.73. The summed E-state index contributed by atoms with van der Waals surface area (Å²) in [5.41, 5.74) is 8.50. The summed E-state index contributed by atoms with van der Waals surface area (Å²) in [6.07, 6.45) is 1.47. The van der Waals surface area contributed by atoms with Crippen molar-refractivity contribution in [1.29, 1.82) is 0 Å². The molecule has 10 heteroatoms. The standard InChI is InChI=1S/C14H18N8O2/c15-14-18-12-11(16-7-17-12)13(19-14)21-2-1-3-22-8(5-21)4-9(20-22)10(24)6-23/h4,7,10,23-24H,1-3,5-6H2,(H3,15,16,17,18,19)/t10-/m1/s1. The van der Waals surface area contributed by atoms with E-state index in [-0.39, 0.29) is 12.6 Å². The molecule has 3 aromatic rings. The van der Waals surface area contributed by atoms with E-state index in [0.29, 0.717) is 23.7 Å². The number of hydrogen-bond acceptors (Lipinski definition) is 8. The number of H-pyrrole nitrogens is 1. The largest absolute Gasteiger partial charge is 0.393 e. The zero-order chi connectivity index (χ0) is 16.7. The number of nitrogens with zero attached hydrogens (tertiary/aromatic N) is 6. The second-order valence-corrected chi connectivity index (χ2v) is 5.76. The van der Waals surface area contributed by atoms with Gasteiger partial charge in [0, 0.05) is 13.1 Å². The molecule has 0 amide bonds. The minimum absolute atomic E-state index is 0.179. The molecule has 1 atom stereocenters. The van der Waals surface area contributed by atoms with Gasteiger partial charge in [0.15, 0.2) is 11.5 Å². The monoisotopic (exact) mass is 330 g/mol. The number of aromatic nitrogens is 6. The number of aliphatic hydroxyl groups excluding tert-OH is 2. The zero-order valence-electron chi connectivity index (χ0n) is 12.9. The number of anilines is 2. The van der Waals surface area contributed by atoms with Gasteiger partial charge in [-0.2, -0.15) is 15.1 Å². The average Bonchev–Trinajstić information content (AvgIpc) is 3.15. The Labute approximate surface area is 137 Å². The van der Waals surface area contributed by atoms with Crippen molar-refractivity contribution in [3.8, 4) is 0 Å². The molecule has 4 rings (SSSR count). The zero-order valence-corrected chi connectivity index (χ0v) is 12.9. The molecule has 0 unspecified atom stereocenters. The summed E-state index contributed by atoms with van der Waals surface area (Å²) >= 11 is 0. The van der Waals surface area contributed by atoms with Crippen LogP contribution < -0.4 is 10.6 Å². The summed E-state index contributed by atoms with van der Waals surface area (Å²) in [6.45, 7) is 1.73. The Kier molecular flexibility index (Phi) is 3.54. The predicted molar refractivity (Wildman–Crippen MR) is 86.0 cm³/mol. The van der Waals surface area contributed by atoms with E-state index in [0.717, 1.165) is 30.7 Å². The number of fused-ring (bicyclic) bond motifs is 2. The third-order valence-corrected chi connectivity index (χ3v) is 4.13. The Morgan fingerprint density at radius 1 is 1.33 bits per heavy atom. The number of hydrogen-bond donors (Lipinski definition) is 4. The van der Waals surface area contributed by atoms with Gasteiger partial charge < -0.3 is 25.8 Å². The molecule has 4 heterocycles. The minimum atomic E-state index is -0.966. The van der Waals surface area contributed by atoms with Gasteiger partial charge in [-0.25, -0.2) is 4.98 Å². The average molecular weight is 330 g/mol. The third kappa shape index (κ3) is 2.45. The summed E-state index contributed by atoms with van der Waals surface area (Å²) in [4.78, 5) is 17.8. The fourth-order valence-electron chi connectivity index (χ4n) is 2.98. The summed E-state index contributed by atoms with van der Waals surface area (Å²) < 4.78 is 1.86. The molecule has 0 saturated heterocycles. The first-order valence-corrected chi connectivity index (χ1v) is 7.73. The maximum absolute atomic E-state index is 9.79. The maximum atomic E-state index is 9.79. The van der Waals surface area contributed by atoms with Gasteiger partial charge in [0.05, 0.1) is 30.9 Å². The minimum Gasteiger partial charge on any atom is -0.393 e. The van der Waals surface area contributed by atoms with Crippen LogP contribution in [-0.4, -0.2) is 53.1 Å². The lowest BCUT2D eigenvalue weighted by Gasteiger charge is -2.21. The first kappa shape index (κ1) is 14.8. The normalized spacial score (nSPS) is 16.2. The lowest BCUT2D eigenvalue weighted by molar-refractivity contribution is 0.0916. The number of rotatable bonds is 3. The van der Waals surface area contributed by atoms with Crippen LogP contribution in [0, 0.1) is 0 Å². The highest BCUT2D eigenvalue weighted by Crippen LogP contribution is 2.26. The van der Waals surface area contributed by atoms with Gasteiger partial charge in [-0.3, -0.25) is 4.68 Å². The lowest BCUT2D eigenvalue weighted by Crippen LogP contribution is -2.24. The van der Waals surface area contributed by atoms with E-state index in [1.165, 1.54) is 0 Å². The van der Waals surface area contributed by atoms with Crippen LogP contribution in [0.3, 0.4) is 0 Å². The topological polar surface area (TPSA) is 142 Å². The van der Waals surface area contributed by atoms with Gasteiger partial charge in [-0.15, -0.1) is 0 Å². The van der Waals surface area contributed by atoms with E-state index in [9.17, 15) is 5.11 Å². The Balaban J connectivity index is 1.72. The van der Waals surface area contributed by atoms with Crippen LogP contribution in [0.5, 0.6) is 0 Å². The van der Waals surface area contributed by atoms with Gasteiger partial charge in [0.2, 0.25) is 5.95 Å². The molecule has 0 spiro atoms. The number of imidazole rings is 1. The van der Waals surface area contributed by atoms with Crippen molar-refractivity contribution in [1.82, 2.24) is 29.7 Å². The Hall–Kier alpha value is -2.72. The van der Waals surface area contributed by atoms with Crippen molar-refractivity contribution in [2.75, 3.05) is 23.8 Å². The van der Waals surface area contributed by atoms with Crippen LogP contribution in [0.15, 0.2) is 12.4 Å². The number of aliphatic hydroxyl groups is 2. The van der Waals surface area contributed by atoms with Crippen LogP contribution in [0.2, 0.25) is 0 Å². The summed E-state index contributed by atoms with van der Waals surface area (Å²) in [7, 11) is 0. The van der Waals surface area contributed by atoms with Crippen molar-refractivity contribution in [2.24, 2.45) is 0 Å². The smallest absolute Gasteiger partial charge is 0.224 e. The van der Waals surface area contributed by atoms with Crippen LogP contribution in [-0.2, 0) is 13.1 Å². The van der Waals surface area contributed by atoms with Crippen molar-refractivity contribution in [3.63, 3.8) is 0 Å².